The third-order valence-corrected chi connectivity index (χ3v) is 3.45. The third kappa shape index (κ3) is 2.04. The average Bonchev–Trinajstić information content (AvgIpc) is 2.94. The van der Waals surface area contributed by atoms with Crippen LogP contribution < -0.4 is 11.1 Å². The van der Waals surface area contributed by atoms with Crippen LogP contribution in [0.4, 0.5) is 5.82 Å². The Morgan fingerprint density at radius 3 is 2.76 bits per heavy atom. The molecule has 3 N–H and O–H groups in total. The van der Waals surface area contributed by atoms with Crippen LogP contribution in [0.3, 0.4) is 0 Å². The van der Waals surface area contributed by atoms with Gasteiger partial charge < -0.3 is 11.1 Å². The molecule has 17 heavy (non-hydrogen) atoms. The van der Waals surface area contributed by atoms with E-state index in [0.29, 0.717) is 5.82 Å². The van der Waals surface area contributed by atoms with Gasteiger partial charge in [-0.3, -0.25) is 4.79 Å². The van der Waals surface area contributed by atoms with Crippen molar-refractivity contribution in [3.8, 4) is 0 Å². The number of hydrogen-bond donors (Lipinski definition) is 2. The fraction of sp³-hybridized carbons (Fsp3) is 0.545. The molecule has 0 unspecified atom stereocenters. The summed E-state index contributed by atoms with van der Waals surface area (Å²) in [5.74, 6) is 0.569. The van der Waals surface area contributed by atoms with Crippen LogP contribution in [-0.2, 0) is 4.79 Å². The van der Waals surface area contributed by atoms with Gasteiger partial charge in [0.15, 0.2) is 0 Å². The minimum atomic E-state index is -0.624. The maximum absolute atomic E-state index is 12.1. The number of amides is 1. The Kier molecular flexibility index (Phi) is 2.91. The summed E-state index contributed by atoms with van der Waals surface area (Å²) in [6.07, 6.45) is 3.14. The number of anilines is 1. The maximum atomic E-state index is 12.1. The van der Waals surface area contributed by atoms with Gasteiger partial charge in [-0.15, -0.1) is 0 Å². The summed E-state index contributed by atoms with van der Waals surface area (Å²) in [6, 6.07) is 1.97. The molecule has 1 aliphatic rings. The summed E-state index contributed by atoms with van der Waals surface area (Å²) < 4.78 is 1.76. The van der Waals surface area contributed by atoms with E-state index in [4.69, 9.17) is 18.0 Å². The van der Waals surface area contributed by atoms with Crippen molar-refractivity contribution in [3.05, 3.63) is 12.3 Å². The van der Waals surface area contributed by atoms with E-state index in [1.807, 2.05) is 13.8 Å². The van der Waals surface area contributed by atoms with Crippen molar-refractivity contribution < 1.29 is 4.79 Å². The van der Waals surface area contributed by atoms with E-state index in [-0.39, 0.29) is 16.9 Å². The molecule has 0 bridgehead atoms. The molecule has 1 aromatic rings. The smallest absolute Gasteiger partial charge is 0.238 e. The Balaban J connectivity index is 2.14. The number of rotatable bonds is 4. The standard InChI is InChI=1S/C11H16N4OS/c1-7(2)15-8(3-6-13-15)14-10(16)11(4-5-11)9(12)17/h3,6-7H,4-5H2,1-2H3,(H2,12,17)(H,14,16). The zero-order valence-electron chi connectivity index (χ0n) is 9.93. The molecule has 1 fully saturated rings. The van der Waals surface area contributed by atoms with Crippen molar-refractivity contribution in [2.24, 2.45) is 11.1 Å². The summed E-state index contributed by atoms with van der Waals surface area (Å²) in [6.45, 7) is 4.01. The predicted molar refractivity (Wildman–Crippen MR) is 69.7 cm³/mol. The molecule has 6 heteroatoms. The largest absolute Gasteiger partial charge is 0.392 e. The van der Waals surface area contributed by atoms with Crippen molar-refractivity contribution in [1.29, 1.82) is 0 Å². The van der Waals surface area contributed by atoms with Crippen LogP contribution >= 0.6 is 12.2 Å². The second-order valence-electron chi connectivity index (χ2n) is 4.66. The highest BCUT2D eigenvalue weighted by molar-refractivity contribution is 7.80. The van der Waals surface area contributed by atoms with Crippen LogP contribution in [0.5, 0.6) is 0 Å². The van der Waals surface area contributed by atoms with Gasteiger partial charge in [-0.05, 0) is 26.7 Å². The van der Waals surface area contributed by atoms with E-state index < -0.39 is 5.41 Å². The minimum Gasteiger partial charge on any atom is -0.392 e. The lowest BCUT2D eigenvalue weighted by molar-refractivity contribution is -0.119. The molecule has 0 aliphatic heterocycles. The molecule has 1 aromatic heterocycles. The Labute approximate surface area is 105 Å². The number of thiocarbonyl (C=S) groups is 1. The fourth-order valence-electron chi connectivity index (χ4n) is 1.77. The van der Waals surface area contributed by atoms with Gasteiger partial charge in [0.05, 0.1) is 16.6 Å². The van der Waals surface area contributed by atoms with Gasteiger partial charge in [-0.25, -0.2) is 4.68 Å². The lowest BCUT2D eigenvalue weighted by Gasteiger charge is -2.16. The fourth-order valence-corrected chi connectivity index (χ4v) is 2.07. The first-order valence-corrected chi connectivity index (χ1v) is 6.03. The first-order valence-electron chi connectivity index (χ1n) is 5.62. The zero-order chi connectivity index (χ0) is 12.6. The molecule has 1 heterocycles. The second-order valence-corrected chi connectivity index (χ2v) is 5.10. The molecular weight excluding hydrogens is 236 g/mol. The van der Waals surface area contributed by atoms with E-state index in [0.717, 1.165) is 12.8 Å². The summed E-state index contributed by atoms with van der Waals surface area (Å²) >= 11 is 4.94. The van der Waals surface area contributed by atoms with Crippen molar-refractivity contribution in [2.75, 3.05) is 5.32 Å². The molecule has 0 aromatic carbocycles. The van der Waals surface area contributed by atoms with Crippen LogP contribution in [0.15, 0.2) is 12.3 Å². The number of carbonyl (C=O) groups is 1. The number of hydrogen-bond acceptors (Lipinski definition) is 3. The molecule has 0 spiro atoms. The van der Waals surface area contributed by atoms with Crippen molar-refractivity contribution in [3.63, 3.8) is 0 Å². The molecule has 1 amide bonds. The highest BCUT2D eigenvalue weighted by atomic mass is 32.1. The highest BCUT2D eigenvalue weighted by Gasteiger charge is 2.52. The third-order valence-electron chi connectivity index (χ3n) is 3.06. The van der Waals surface area contributed by atoms with E-state index >= 15 is 0 Å². The predicted octanol–water partition coefficient (Wildman–Crippen LogP) is 1.47. The van der Waals surface area contributed by atoms with Gasteiger partial charge in [0.2, 0.25) is 5.91 Å². The van der Waals surface area contributed by atoms with Gasteiger partial charge in [0.25, 0.3) is 0 Å². The molecule has 92 valence electrons. The minimum absolute atomic E-state index is 0.118. The Morgan fingerprint density at radius 1 is 1.65 bits per heavy atom. The first-order chi connectivity index (χ1) is 7.97. The number of nitrogens with one attached hydrogen (secondary N) is 1. The van der Waals surface area contributed by atoms with Crippen LogP contribution in [0.25, 0.3) is 0 Å². The van der Waals surface area contributed by atoms with Gasteiger partial charge in [-0.2, -0.15) is 5.10 Å². The van der Waals surface area contributed by atoms with E-state index in [1.165, 1.54) is 0 Å². The number of carbonyl (C=O) groups excluding carboxylic acids is 1. The molecular formula is C11H16N4OS. The van der Waals surface area contributed by atoms with Crippen molar-refractivity contribution in [2.45, 2.75) is 32.7 Å². The summed E-state index contributed by atoms with van der Waals surface area (Å²) in [5.41, 5.74) is 4.99. The maximum Gasteiger partial charge on any atom is 0.238 e. The van der Waals surface area contributed by atoms with Crippen LogP contribution in [-0.4, -0.2) is 20.7 Å². The van der Waals surface area contributed by atoms with E-state index in [2.05, 4.69) is 10.4 Å². The number of nitrogens with zero attached hydrogens (tertiary/aromatic N) is 2. The van der Waals surface area contributed by atoms with Gasteiger partial charge >= 0.3 is 0 Å². The van der Waals surface area contributed by atoms with E-state index in [9.17, 15) is 4.79 Å². The summed E-state index contributed by atoms with van der Waals surface area (Å²) in [7, 11) is 0. The monoisotopic (exact) mass is 252 g/mol. The molecule has 0 saturated heterocycles. The van der Waals surface area contributed by atoms with Gasteiger partial charge in [0, 0.05) is 12.1 Å². The Hall–Kier alpha value is -1.43. The highest BCUT2D eigenvalue weighted by Crippen LogP contribution is 2.46. The molecule has 2 rings (SSSR count). The van der Waals surface area contributed by atoms with Crippen LogP contribution in [0.1, 0.15) is 32.7 Å². The summed E-state index contributed by atoms with van der Waals surface area (Å²) in [4.78, 5) is 12.4. The molecule has 0 radical (unpaired) electrons. The van der Waals surface area contributed by atoms with Crippen molar-refractivity contribution >= 4 is 28.9 Å². The lowest BCUT2D eigenvalue weighted by Crippen LogP contribution is -2.35. The second kappa shape index (κ2) is 4.10. The number of aromatic nitrogens is 2. The van der Waals surface area contributed by atoms with E-state index in [1.54, 1.807) is 16.9 Å². The Bertz CT molecular complexity index is 462. The van der Waals surface area contributed by atoms with Crippen LogP contribution in [0.2, 0.25) is 0 Å². The lowest BCUT2D eigenvalue weighted by atomic mass is 10.1. The number of nitrogens with two attached hydrogens (primary N) is 1. The quantitative estimate of drug-likeness (QED) is 0.796. The SMILES string of the molecule is CC(C)n1nccc1NC(=O)C1(C(N)=S)CC1. The zero-order valence-corrected chi connectivity index (χ0v) is 10.8. The average molecular weight is 252 g/mol. The molecule has 1 saturated carbocycles. The summed E-state index contributed by atoms with van der Waals surface area (Å²) in [5, 5.41) is 7.00. The van der Waals surface area contributed by atoms with Crippen LogP contribution in [0, 0.1) is 5.41 Å². The molecule has 1 aliphatic carbocycles. The van der Waals surface area contributed by atoms with Crippen molar-refractivity contribution in [1.82, 2.24) is 9.78 Å². The Morgan fingerprint density at radius 2 is 2.29 bits per heavy atom. The topological polar surface area (TPSA) is 72.9 Å². The van der Waals surface area contributed by atoms with Gasteiger partial charge in [0.1, 0.15) is 5.82 Å². The van der Waals surface area contributed by atoms with Gasteiger partial charge in [-0.1, -0.05) is 12.2 Å². The molecule has 5 nitrogen and oxygen atoms in total. The molecule has 0 atom stereocenters. The normalized spacial score (nSPS) is 16.9. The first kappa shape index (κ1) is 12.0.